The minimum Gasteiger partial charge on any atom is -0.377 e. The largest absolute Gasteiger partial charge is 0.377 e. The fraction of sp³-hybridized carbons (Fsp3) is 1.00. The molecule has 11 heavy (non-hydrogen) atoms. The normalized spacial score (nSPS) is 25.9. The van der Waals surface area contributed by atoms with Gasteiger partial charge in [0.15, 0.2) is 0 Å². The molecule has 0 bridgehead atoms. The fourth-order valence-corrected chi connectivity index (χ4v) is 1.29. The van der Waals surface area contributed by atoms with Crippen LogP contribution in [0.1, 0.15) is 26.7 Å². The lowest BCUT2D eigenvalue weighted by molar-refractivity contribution is 0.0217. The van der Waals surface area contributed by atoms with Crippen molar-refractivity contribution in [3.05, 3.63) is 0 Å². The number of piperidine rings is 1. The van der Waals surface area contributed by atoms with Crippen LogP contribution in [0.15, 0.2) is 0 Å². The molecule has 1 heterocycles. The van der Waals surface area contributed by atoms with E-state index in [1.807, 2.05) is 0 Å². The van der Waals surface area contributed by atoms with E-state index >= 15 is 0 Å². The van der Waals surface area contributed by atoms with Crippen LogP contribution >= 0.6 is 0 Å². The van der Waals surface area contributed by atoms with Gasteiger partial charge in [0.05, 0.1) is 6.10 Å². The van der Waals surface area contributed by atoms with Crippen LogP contribution in [0, 0.1) is 5.92 Å². The monoisotopic (exact) mass is 157 g/mol. The zero-order chi connectivity index (χ0) is 8.10. The van der Waals surface area contributed by atoms with Crippen LogP contribution in [-0.2, 0) is 4.74 Å². The van der Waals surface area contributed by atoms with Crippen LogP contribution in [0.2, 0.25) is 0 Å². The number of hydrogen-bond donors (Lipinski definition) is 1. The first-order valence-electron chi connectivity index (χ1n) is 4.61. The molecule has 1 rings (SSSR count). The zero-order valence-corrected chi connectivity index (χ0v) is 7.60. The Morgan fingerprint density at radius 2 is 2.36 bits per heavy atom. The molecule has 0 unspecified atom stereocenters. The summed E-state index contributed by atoms with van der Waals surface area (Å²) in [4.78, 5) is 0. The summed E-state index contributed by atoms with van der Waals surface area (Å²) in [6.45, 7) is 7.51. The minimum atomic E-state index is 0.478. The van der Waals surface area contributed by atoms with Gasteiger partial charge in [0, 0.05) is 13.2 Å². The SMILES string of the molecule is CC(C)CO[C@@H]1CCCNC1. The van der Waals surface area contributed by atoms with Gasteiger partial charge < -0.3 is 10.1 Å². The van der Waals surface area contributed by atoms with Gasteiger partial charge in [0.2, 0.25) is 0 Å². The molecule has 0 radical (unpaired) electrons. The maximum absolute atomic E-state index is 5.68. The van der Waals surface area contributed by atoms with Gasteiger partial charge in [-0.3, -0.25) is 0 Å². The van der Waals surface area contributed by atoms with Gasteiger partial charge in [-0.1, -0.05) is 13.8 Å². The fourth-order valence-electron chi connectivity index (χ4n) is 1.29. The summed E-state index contributed by atoms with van der Waals surface area (Å²) in [6.07, 6.45) is 2.98. The van der Waals surface area contributed by atoms with Crippen molar-refractivity contribution in [2.45, 2.75) is 32.8 Å². The Hall–Kier alpha value is -0.0800. The Labute approximate surface area is 69.3 Å². The van der Waals surface area contributed by atoms with Crippen molar-refractivity contribution in [3.63, 3.8) is 0 Å². The molecule has 1 saturated heterocycles. The summed E-state index contributed by atoms with van der Waals surface area (Å²) in [7, 11) is 0. The number of hydrogen-bond acceptors (Lipinski definition) is 2. The average Bonchev–Trinajstić information content (AvgIpc) is 2.03. The molecule has 0 spiro atoms. The molecule has 1 N–H and O–H groups in total. The van der Waals surface area contributed by atoms with Crippen molar-refractivity contribution in [2.24, 2.45) is 5.92 Å². The third-order valence-corrected chi connectivity index (χ3v) is 1.92. The third kappa shape index (κ3) is 3.73. The van der Waals surface area contributed by atoms with Crippen molar-refractivity contribution in [1.29, 1.82) is 0 Å². The number of ether oxygens (including phenoxy) is 1. The van der Waals surface area contributed by atoms with Crippen molar-refractivity contribution in [2.75, 3.05) is 19.7 Å². The Balaban J connectivity index is 2.05. The maximum Gasteiger partial charge on any atom is 0.0700 e. The lowest BCUT2D eigenvalue weighted by atomic mass is 10.1. The Bertz CT molecular complexity index is 97.7. The summed E-state index contributed by atoms with van der Waals surface area (Å²) in [6, 6.07) is 0. The Morgan fingerprint density at radius 3 is 2.91 bits per heavy atom. The summed E-state index contributed by atoms with van der Waals surface area (Å²) >= 11 is 0. The van der Waals surface area contributed by atoms with Crippen LogP contribution in [-0.4, -0.2) is 25.8 Å². The zero-order valence-electron chi connectivity index (χ0n) is 7.60. The average molecular weight is 157 g/mol. The molecule has 1 aliphatic heterocycles. The first kappa shape index (κ1) is 9.01. The summed E-state index contributed by atoms with van der Waals surface area (Å²) < 4.78 is 5.68. The van der Waals surface area contributed by atoms with Gasteiger partial charge in [0.25, 0.3) is 0 Å². The van der Waals surface area contributed by atoms with Crippen LogP contribution in [0.5, 0.6) is 0 Å². The molecular formula is C9H19NO. The van der Waals surface area contributed by atoms with Gasteiger partial charge in [-0.05, 0) is 25.3 Å². The predicted octanol–water partition coefficient (Wildman–Crippen LogP) is 1.41. The second-order valence-corrected chi connectivity index (χ2v) is 3.70. The lowest BCUT2D eigenvalue weighted by Gasteiger charge is -2.23. The van der Waals surface area contributed by atoms with E-state index in [4.69, 9.17) is 4.74 Å². The molecule has 0 amide bonds. The van der Waals surface area contributed by atoms with E-state index in [0.717, 1.165) is 13.2 Å². The van der Waals surface area contributed by atoms with Gasteiger partial charge in [0.1, 0.15) is 0 Å². The maximum atomic E-state index is 5.68. The second-order valence-electron chi connectivity index (χ2n) is 3.70. The second kappa shape index (κ2) is 4.73. The van der Waals surface area contributed by atoms with E-state index in [-0.39, 0.29) is 0 Å². The molecule has 1 aliphatic rings. The van der Waals surface area contributed by atoms with E-state index in [9.17, 15) is 0 Å². The highest BCUT2D eigenvalue weighted by Crippen LogP contribution is 2.07. The quantitative estimate of drug-likeness (QED) is 0.669. The summed E-state index contributed by atoms with van der Waals surface area (Å²) in [5.41, 5.74) is 0. The van der Waals surface area contributed by atoms with E-state index in [0.29, 0.717) is 12.0 Å². The van der Waals surface area contributed by atoms with Gasteiger partial charge in [-0.25, -0.2) is 0 Å². The topological polar surface area (TPSA) is 21.3 Å². The van der Waals surface area contributed by atoms with Crippen molar-refractivity contribution in [3.8, 4) is 0 Å². The lowest BCUT2D eigenvalue weighted by Crippen LogP contribution is -2.35. The Kier molecular flexibility index (Phi) is 3.87. The predicted molar refractivity (Wildman–Crippen MR) is 46.7 cm³/mol. The Morgan fingerprint density at radius 1 is 1.55 bits per heavy atom. The smallest absolute Gasteiger partial charge is 0.0700 e. The highest BCUT2D eigenvalue weighted by molar-refractivity contribution is 4.68. The van der Waals surface area contributed by atoms with E-state index in [1.165, 1.54) is 19.4 Å². The molecule has 66 valence electrons. The first-order chi connectivity index (χ1) is 5.29. The van der Waals surface area contributed by atoms with Gasteiger partial charge in [-0.15, -0.1) is 0 Å². The van der Waals surface area contributed by atoms with Crippen LogP contribution in [0.4, 0.5) is 0 Å². The molecule has 0 aromatic heterocycles. The van der Waals surface area contributed by atoms with E-state index < -0.39 is 0 Å². The minimum absolute atomic E-state index is 0.478. The summed E-state index contributed by atoms with van der Waals surface area (Å²) in [5, 5.41) is 3.33. The molecule has 2 nitrogen and oxygen atoms in total. The van der Waals surface area contributed by atoms with Crippen molar-refractivity contribution < 1.29 is 4.74 Å². The molecule has 0 saturated carbocycles. The first-order valence-corrected chi connectivity index (χ1v) is 4.61. The van der Waals surface area contributed by atoms with Crippen LogP contribution < -0.4 is 5.32 Å². The summed E-state index contributed by atoms with van der Waals surface area (Å²) in [5.74, 6) is 0.664. The van der Waals surface area contributed by atoms with Crippen LogP contribution in [0.25, 0.3) is 0 Å². The molecule has 2 heteroatoms. The molecule has 0 aromatic carbocycles. The van der Waals surface area contributed by atoms with E-state index in [2.05, 4.69) is 19.2 Å². The third-order valence-electron chi connectivity index (χ3n) is 1.92. The highest BCUT2D eigenvalue weighted by Gasteiger charge is 2.12. The van der Waals surface area contributed by atoms with Crippen LogP contribution in [0.3, 0.4) is 0 Å². The van der Waals surface area contributed by atoms with Gasteiger partial charge in [-0.2, -0.15) is 0 Å². The molecule has 0 aliphatic carbocycles. The number of nitrogens with one attached hydrogen (secondary N) is 1. The standard InChI is InChI=1S/C9H19NO/c1-8(2)7-11-9-4-3-5-10-6-9/h8-10H,3-7H2,1-2H3/t9-/m1/s1. The molecule has 1 fully saturated rings. The van der Waals surface area contributed by atoms with Crippen molar-refractivity contribution >= 4 is 0 Å². The molecule has 0 aromatic rings. The van der Waals surface area contributed by atoms with E-state index in [1.54, 1.807) is 0 Å². The highest BCUT2D eigenvalue weighted by atomic mass is 16.5. The molecular weight excluding hydrogens is 138 g/mol. The van der Waals surface area contributed by atoms with Crippen molar-refractivity contribution in [1.82, 2.24) is 5.32 Å². The molecule has 1 atom stereocenters. The van der Waals surface area contributed by atoms with Gasteiger partial charge >= 0.3 is 0 Å². The number of rotatable bonds is 3.